The van der Waals surface area contributed by atoms with Crippen molar-refractivity contribution in [1.82, 2.24) is 44.5 Å². The Kier molecular flexibility index (Phi) is 14.8. The van der Waals surface area contributed by atoms with E-state index in [0.717, 1.165) is 18.5 Å². The Labute approximate surface area is 369 Å². The van der Waals surface area contributed by atoms with Gasteiger partial charge in [0.15, 0.2) is 17.4 Å². The molecule has 1 aromatic carbocycles. The fourth-order valence-corrected chi connectivity index (χ4v) is 6.91. The van der Waals surface area contributed by atoms with Gasteiger partial charge in [0, 0.05) is 51.4 Å². The summed E-state index contributed by atoms with van der Waals surface area (Å²) in [6, 6.07) is 5.11. The highest BCUT2D eigenvalue weighted by atomic mass is 19.1. The Hall–Kier alpha value is -6.84. The summed E-state index contributed by atoms with van der Waals surface area (Å²) in [6.45, 7) is 17.1. The van der Waals surface area contributed by atoms with Crippen LogP contribution in [-0.2, 0) is 9.53 Å². The molecule has 0 aliphatic carbocycles. The van der Waals surface area contributed by atoms with E-state index >= 15 is 0 Å². The third-order valence-corrected chi connectivity index (χ3v) is 10.2. The number of benzene rings is 1. The average Bonchev–Trinajstić information content (AvgIpc) is 3.23. The number of ether oxygens (including phenoxy) is 4. The number of anilines is 1. The first kappa shape index (κ1) is 48.2. The Morgan fingerprint density at radius 2 is 1.47 bits per heavy atom. The van der Waals surface area contributed by atoms with Crippen LogP contribution in [0.1, 0.15) is 76.4 Å². The molecule has 0 saturated carbocycles. The van der Waals surface area contributed by atoms with E-state index in [1.54, 1.807) is 21.6 Å². The van der Waals surface area contributed by atoms with E-state index in [9.17, 15) is 33.2 Å². The first-order valence-corrected chi connectivity index (χ1v) is 20.1. The van der Waals surface area contributed by atoms with Gasteiger partial charge in [-0.15, -0.1) is 0 Å². The van der Waals surface area contributed by atoms with E-state index in [0.29, 0.717) is 55.9 Å². The zero-order valence-electron chi connectivity index (χ0n) is 37.4. The number of methoxy groups -OCH3 is 2. The summed E-state index contributed by atoms with van der Waals surface area (Å²) >= 11 is 0. The maximum atomic E-state index is 13.8. The summed E-state index contributed by atoms with van der Waals surface area (Å²) < 4.78 is 48.0. The lowest BCUT2D eigenvalue weighted by Gasteiger charge is -2.48. The van der Waals surface area contributed by atoms with Crippen LogP contribution in [0.25, 0.3) is 0 Å². The standard InChI is InChI=1S/C25H27F2N7O5.C17H26N4O4/c1-15(23(35)31-20-11-29-21(12-28-20)39-19-6-5-16(26)9-17(19)27)32-7-8-33(25(2,3)13-32)24(36)18-10-22(38-4)34(37)14-30-18;1-16(2,3)25-15(23)20-7-8-21(17(4,5)10-20)14(22)12-9-13(24-6)19-11-18-12/h5-6,9-12,14-15H,7-8,13H2,1-4H3,(H,28,31,35);9,11H,7-8,10H2,1-6H3. The molecule has 1 atom stereocenters. The van der Waals surface area contributed by atoms with Gasteiger partial charge >= 0.3 is 6.09 Å². The summed E-state index contributed by atoms with van der Waals surface area (Å²) in [5.41, 5.74) is -1.41. The minimum absolute atomic E-state index is 0.0373. The van der Waals surface area contributed by atoms with Gasteiger partial charge in [0.2, 0.25) is 23.4 Å². The highest BCUT2D eigenvalue weighted by molar-refractivity contribution is 5.95. The lowest BCUT2D eigenvalue weighted by atomic mass is 9.96. The fourth-order valence-electron chi connectivity index (χ4n) is 6.91. The first-order valence-electron chi connectivity index (χ1n) is 20.1. The Morgan fingerprint density at radius 1 is 0.812 bits per heavy atom. The smallest absolute Gasteiger partial charge is 0.410 e. The van der Waals surface area contributed by atoms with Gasteiger partial charge in [-0.1, -0.05) is 0 Å². The molecule has 4 amide bonds. The molecule has 3 aromatic heterocycles. The third kappa shape index (κ3) is 12.0. The number of halogens is 2. The molecule has 5 heterocycles. The molecule has 344 valence electrons. The molecule has 0 spiro atoms. The Balaban J connectivity index is 0.000000266. The van der Waals surface area contributed by atoms with Crippen molar-refractivity contribution >= 4 is 29.6 Å². The van der Waals surface area contributed by atoms with Crippen molar-refractivity contribution in [3.8, 4) is 23.4 Å². The first-order chi connectivity index (χ1) is 30.0. The van der Waals surface area contributed by atoms with Gasteiger partial charge in [-0.25, -0.2) is 38.2 Å². The van der Waals surface area contributed by atoms with Crippen LogP contribution in [0.3, 0.4) is 0 Å². The molecule has 22 heteroatoms. The van der Waals surface area contributed by atoms with Crippen molar-refractivity contribution in [2.45, 2.75) is 78.1 Å². The second-order valence-electron chi connectivity index (χ2n) is 17.1. The van der Waals surface area contributed by atoms with E-state index in [-0.39, 0.29) is 58.5 Å². The zero-order chi connectivity index (χ0) is 47.1. The predicted octanol–water partition coefficient (Wildman–Crippen LogP) is 4.10. The number of aromatic nitrogens is 6. The number of carbonyl (C=O) groups is 4. The summed E-state index contributed by atoms with van der Waals surface area (Å²) in [7, 11) is 2.82. The molecule has 64 heavy (non-hydrogen) atoms. The van der Waals surface area contributed by atoms with Crippen molar-refractivity contribution in [3.05, 3.63) is 83.6 Å². The normalized spacial score (nSPS) is 16.4. The van der Waals surface area contributed by atoms with E-state index in [1.165, 1.54) is 45.1 Å². The van der Waals surface area contributed by atoms with Crippen LogP contribution >= 0.6 is 0 Å². The summed E-state index contributed by atoms with van der Waals surface area (Å²) in [5, 5.41) is 14.4. The van der Waals surface area contributed by atoms with Crippen LogP contribution in [0.15, 0.2) is 55.4 Å². The van der Waals surface area contributed by atoms with Gasteiger partial charge in [0.1, 0.15) is 23.4 Å². The second-order valence-corrected chi connectivity index (χ2v) is 17.1. The summed E-state index contributed by atoms with van der Waals surface area (Å²) in [5.74, 6) is -2.33. The molecule has 0 bridgehead atoms. The van der Waals surface area contributed by atoms with Crippen LogP contribution in [-0.4, -0.2) is 145 Å². The molecule has 0 radical (unpaired) electrons. The van der Waals surface area contributed by atoms with Gasteiger partial charge in [-0.3, -0.25) is 19.3 Å². The number of nitrogens with one attached hydrogen (secondary N) is 1. The molecule has 20 nitrogen and oxygen atoms in total. The maximum absolute atomic E-state index is 13.8. The molecule has 2 saturated heterocycles. The second kappa shape index (κ2) is 19.7. The van der Waals surface area contributed by atoms with Crippen LogP contribution in [0.2, 0.25) is 0 Å². The predicted molar refractivity (Wildman–Crippen MR) is 224 cm³/mol. The highest BCUT2D eigenvalue weighted by Gasteiger charge is 2.42. The lowest BCUT2D eigenvalue weighted by Crippen LogP contribution is -2.63. The lowest BCUT2D eigenvalue weighted by molar-refractivity contribution is -0.615. The number of carbonyl (C=O) groups excluding carboxylic acids is 4. The molecule has 2 aliphatic rings. The number of amides is 4. The summed E-state index contributed by atoms with van der Waals surface area (Å²) in [4.78, 5) is 78.2. The number of rotatable bonds is 9. The zero-order valence-corrected chi connectivity index (χ0v) is 37.4. The maximum Gasteiger partial charge on any atom is 0.410 e. The Morgan fingerprint density at radius 3 is 2.05 bits per heavy atom. The molecule has 6 rings (SSSR count). The van der Waals surface area contributed by atoms with Crippen molar-refractivity contribution in [2.75, 3.05) is 58.8 Å². The van der Waals surface area contributed by atoms with Crippen LogP contribution in [0.5, 0.6) is 23.4 Å². The number of hydrogen-bond donors (Lipinski definition) is 1. The molecular formula is C42H53F2N11O9. The topological polar surface area (TPSA) is 222 Å². The fraction of sp³-hybridized carbons (Fsp3) is 0.476. The van der Waals surface area contributed by atoms with Crippen molar-refractivity contribution in [1.29, 1.82) is 0 Å². The van der Waals surface area contributed by atoms with Gasteiger partial charge in [0.05, 0.1) is 49.8 Å². The van der Waals surface area contributed by atoms with Gasteiger partial charge < -0.3 is 44.2 Å². The Bertz CT molecular complexity index is 2330. The van der Waals surface area contributed by atoms with Crippen LogP contribution in [0, 0.1) is 16.8 Å². The molecule has 1 N–H and O–H groups in total. The van der Waals surface area contributed by atoms with Crippen LogP contribution < -0.4 is 24.3 Å². The van der Waals surface area contributed by atoms with Crippen LogP contribution in [0.4, 0.5) is 19.4 Å². The average molecular weight is 894 g/mol. The molecular weight excluding hydrogens is 841 g/mol. The monoisotopic (exact) mass is 893 g/mol. The quantitative estimate of drug-likeness (QED) is 0.185. The molecule has 2 aliphatic heterocycles. The molecule has 1 unspecified atom stereocenters. The van der Waals surface area contributed by atoms with E-state index in [4.69, 9.17) is 18.9 Å². The molecule has 4 aromatic rings. The van der Waals surface area contributed by atoms with E-state index in [1.807, 2.05) is 53.4 Å². The van der Waals surface area contributed by atoms with Gasteiger partial charge in [-0.05, 0) is 72.5 Å². The third-order valence-electron chi connectivity index (χ3n) is 10.2. The number of piperazine rings is 2. The number of hydrogen-bond acceptors (Lipinski definition) is 15. The van der Waals surface area contributed by atoms with E-state index < -0.39 is 34.4 Å². The van der Waals surface area contributed by atoms with Crippen molar-refractivity contribution < 1.29 is 51.6 Å². The van der Waals surface area contributed by atoms with Gasteiger partial charge in [-0.2, -0.15) is 0 Å². The minimum Gasteiger partial charge on any atom is -0.708 e. The van der Waals surface area contributed by atoms with Crippen molar-refractivity contribution in [2.24, 2.45) is 0 Å². The highest BCUT2D eigenvalue weighted by Crippen LogP contribution is 2.28. The SMILES string of the molecule is COc1cc(C(=O)N2CCN(C(=O)OC(C)(C)C)CC2(C)C)ncn1.COc1cc(C(=O)N2CCN(C(C)C(=O)Nc3cnc(Oc4ccc(F)cc4F)cn3)CC2(C)C)nc[n+]1[O-]. The molecule has 2 fully saturated rings. The minimum atomic E-state index is -0.886. The van der Waals surface area contributed by atoms with E-state index in [2.05, 4.69) is 30.2 Å². The summed E-state index contributed by atoms with van der Waals surface area (Å²) in [6.07, 6.45) is 4.38. The largest absolute Gasteiger partial charge is 0.708 e. The number of nitrogens with zero attached hydrogens (tertiary/aromatic N) is 10. The van der Waals surface area contributed by atoms with Crippen molar-refractivity contribution in [3.63, 3.8) is 0 Å². The van der Waals surface area contributed by atoms with Gasteiger partial charge in [0.25, 0.3) is 24.0 Å².